The molecule has 112 valence electrons. The Labute approximate surface area is 130 Å². The molecule has 0 aromatic heterocycles. The average molecular weight is 306 g/mol. The van der Waals surface area contributed by atoms with Crippen molar-refractivity contribution in [1.82, 2.24) is 0 Å². The Morgan fingerprint density at radius 2 is 2.19 bits per heavy atom. The van der Waals surface area contributed by atoms with Crippen LogP contribution >= 0.6 is 11.6 Å². The minimum atomic E-state index is -0.265. The summed E-state index contributed by atoms with van der Waals surface area (Å²) in [5, 5.41) is 9.70. The Bertz CT molecular complexity index is 609. The summed E-state index contributed by atoms with van der Waals surface area (Å²) in [7, 11) is 0. The summed E-state index contributed by atoms with van der Waals surface area (Å²) >= 11 is 6.07. The van der Waals surface area contributed by atoms with E-state index in [0.29, 0.717) is 22.3 Å². The van der Waals surface area contributed by atoms with Crippen molar-refractivity contribution in [3.63, 3.8) is 0 Å². The van der Waals surface area contributed by atoms with Gasteiger partial charge in [-0.15, -0.1) is 0 Å². The summed E-state index contributed by atoms with van der Waals surface area (Å²) in [6.07, 6.45) is 2.93. The second-order valence-corrected chi connectivity index (χ2v) is 7.08. The van der Waals surface area contributed by atoms with Crippen LogP contribution in [0.25, 0.3) is 0 Å². The second kappa shape index (κ2) is 4.90. The van der Waals surface area contributed by atoms with E-state index in [1.165, 1.54) is 0 Å². The molecule has 2 fully saturated rings. The molecule has 0 N–H and O–H groups in total. The molecule has 2 aliphatic heterocycles. The molecule has 3 nitrogen and oxygen atoms in total. The summed E-state index contributed by atoms with van der Waals surface area (Å²) in [6, 6.07) is 7.46. The van der Waals surface area contributed by atoms with Crippen molar-refractivity contribution in [2.75, 3.05) is 0 Å². The number of hydrogen-bond acceptors (Lipinski definition) is 3. The lowest BCUT2D eigenvalue weighted by Crippen LogP contribution is -2.40. The largest absolute Gasteiger partial charge is 0.486 e. The fraction of sp³-hybridized carbons (Fsp3) is 0.588. The van der Waals surface area contributed by atoms with Gasteiger partial charge >= 0.3 is 0 Å². The third kappa shape index (κ3) is 2.22. The minimum absolute atomic E-state index is 0.0285. The highest BCUT2D eigenvalue weighted by molar-refractivity contribution is 6.31. The average Bonchev–Trinajstić information content (AvgIpc) is 2.91. The molecule has 3 rings (SSSR count). The van der Waals surface area contributed by atoms with E-state index in [1.54, 1.807) is 6.07 Å². The summed E-state index contributed by atoms with van der Waals surface area (Å²) in [5.74, 6) is 1.02. The molecule has 1 aromatic rings. The lowest BCUT2D eigenvalue weighted by atomic mass is 9.75. The molecule has 21 heavy (non-hydrogen) atoms. The van der Waals surface area contributed by atoms with E-state index in [9.17, 15) is 5.26 Å². The Morgan fingerprint density at radius 1 is 1.43 bits per heavy atom. The van der Waals surface area contributed by atoms with Crippen molar-refractivity contribution in [2.45, 2.75) is 57.3 Å². The van der Waals surface area contributed by atoms with E-state index in [-0.39, 0.29) is 17.3 Å². The second-order valence-electron chi connectivity index (χ2n) is 6.67. The van der Waals surface area contributed by atoms with Crippen LogP contribution < -0.4 is 4.74 Å². The Hall–Kier alpha value is -1.24. The highest BCUT2D eigenvalue weighted by Gasteiger charge is 2.61. The van der Waals surface area contributed by atoms with Gasteiger partial charge in [-0.2, -0.15) is 5.26 Å². The summed E-state index contributed by atoms with van der Waals surface area (Å²) in [6.45, 7) is 6.52. The normalized spacial score (nSPS) is 34.2. The maximum atomic E-state index is 9.26. The van der Waals surface area contributed by atoms with Crippen LogP contribution in [0, 0.1) is 17.2 Å². The van der Waals surface area contributed by atoms with Crippen molar-refractivity contribution in [2.24, 2.45) is 5.92 Å². The number of hydrogen-bond donors (Lipinski definition) is 0. The topological polar surface area (TPSA) is 42.2 Å². The van der Waals surface area contributed by atoms with Crippen molar-refractivity contribution in [3.8, 4) is 11.8 Å². The van der Waals surface area contributed by atoms with E-state index in [0.717, 1.165) is 19.3 Å². The first kappa shape index (κ1) is 14.7. The van der Waals surface area contributed by atoms with Crippen LogP contribution in [0.1, 0.15) is 45.6 Å². The fourth-order valence-corrected chi connectivity index (χ4v) is 3.81. The Kier molecular flexibility index (Phi) is 3.43. The molecule has 0 aliphatic carbocycles. The zero-order valence-electron chi connectivity index (χ0n) is 12.6. The van der Waals surface area contributed by atoms with Crippen molar-refractivity contribution in [3.05, 3.63) is 28.8 Å². The van der Waals surface area contributed by atoms with Crippen LogP contribution in [0.3, 0.4) is 0 Å². The lowest BCUT2D eigenvalue weighted by Gasteiger charge is -2.32. The maximum Gasteiger partial charge on any atom is 0.139 e. The van der Waals surface area contributed by atoms with Crippen LogP contribution in [0.2, 0.25) is 5.02 Å². The van der Waals surface area contributed by atoms with Crippen LogP contribution in [-0.2, 0) is 4.74 Å². The molecular formula is C17H20ClNO2. The predicted molar refractivity (Wildman–Crippen MR) is 81.5 cm³/mol. The quantitative estimate of drug-likeness (QED) is 0.835. The van der Waals surface area contributed by atoms with Crippen LogP contribution in [0.4, 0.5) is 0 Å². The molecule has 0 amide bonds. The van der Waals surface area contributed by atoms with Gasteiger partial charge in [-0.05, 0) is 37.8 Å². The van der Waals surface area contributed by atoms with Crippen molar-refractivity contribution < 1.29 is 9.47 Å². The smallest absolute Gasteiger partial charge is 0.139 e. The molecule has 2 bridgehead atoms. The monoisotopic (exact) mass is 305 g/mol. The summed E-state index contributed by atoms with van der Waals surface area (Å²) in [4.78, 5) is 0. The molecule has 4 heteroatoms. The minimum Gasteiger partial charge on any atom is -0.486 e. The number of fused-ring (bicyclic) bond motifs is 2. The summed E-state index contributed by atoms with van der Waals surface area (Å²) in [5.41, 5.74) is 0.0635. The van der Waals surface area contributed by atoms with Gasteiger partial charge in [-0.1, -0.05) is 31.5 Å². The van der Waals surface area contributed by atoms with Gasteiger partial charge in [-0.25, -0.2) is 0 Å². The Morgan fingerprint density at radius 3 is 2.81 bits per heavy atom. The number of halogens is 1. The van der Waals surface area contributed by atoms with Gasteiger partial charge < -0.3 is 9.47 Å². The molecule has 0 saturated carbocycles. The first-order valence-corrected chi connectivity index (χ1v) is 7.83. The zero-order valence-corrected chi connectivity index (χ0v) is 13.4. The molecule has 3 atom stereocenters. The molecule has 2 aliphatic rings. The SMILES string of the molecule is CC(C)[C@@]12CC[C@@](C)(O1)[C@@H](Oc1cccc(Cl)c1C#N)C2. The molecule has 0 radical (unpaired) electrons. The first-order valence-electron chi connectivity index (χ1n) is 7.46. The molecule has 2 heterocycles. The molecule has 0 unspecified atom stereocenters. The van der Waals surface area contributed by atoms with E-state index >= 15 is 0 Å². The van der Waals surface area contributed by atoms with Gasteiger partial charge in [-0.3, -0.25) is 0 Å². The van der Waals surface area contributed by atoms with E-state index in [4.69, 9.17) is 21.1 Å². The van der Waals surface area contributed by atoms with Gasteiger partial charge in [0.15, 0.2) is 0 Å². The van der Waals surface area contributed by atoms with E-state index < -0.39 is 0 Å². The van der Waals surface area contributed by atoms with Gasteiger partial charge in [0.1, 0.15) is 29.1 Å². The van der Waals surface area contributed by atoms with E-state index in [1.807, 2.05) is 12.1 Å². The molecule has 1 aromatic carbocycles. The Balaban J connectivity index is 1.88. The van der Waals surface area contributed by atoms with Crippen molar-refractivity contribution in [1.29, 1.82) is 5.26 Å². The fourth-order valence-electron chi connectivity index (χ4n) is 3.60. The third-order valence-electron chi connectivity index (χ3n) is 5.10. The number of benzene rings is 1. The molecular weight excluding hydrogens is 286 g/mol. The van der Waals surface area contributed by atoms with Crippen LogP contribution in [0.15, 0.2) is 18.2 Å². The van der Waals surface area contributed by atoms with E-state index in [2.05, 4.69) is 26.8 Å². The number of rotatable bonds is 3. The third-order valence-corrected chi connectivity index (χ3v) is 5.42. The first-order chi connectivity index (χ1) is 9.90. The number of nitrogens with zero attached hydrogens (tertiary/aromatic N) is 1. The predicted octanol–water partition coefficient (Wildman–Crippen LogP) is 4.33. The standard InChI is InChI=1S/C17H20ClNO2/c1-11(2)17-8-7-16(3,21-17)15(9-17)20-14-6-4-5-13(18)12(14)10-19/h4-6,11,15H,7-9H2,1-3H3/t15-,16+,17-/m0/s1. The van der Waals surface area contributed by atoms with Crippen molar-refractivity contribution >= 4 is 11.6 Å². The van der Waals surface area contributed by atoms with Gasteiger partial charge in [0.25, 0.3) is 0 Å². The maximum absolute atomic E-state index is 9.26. The van der Waals surface area contributed by atoms with Crippen LogP contribution in [0.5, 0.6) is 5.75 Å². The van der Waals surface area contributed by atoms with Gasteiger partial charge in [0, 0.05) is 6.42 Å². The zero-order chi connectivity index (χ0) is 15.3. The van der Waals surface area contributed by atoms with Gasteiger partial charge in [0.2, 0.25) is 0 Å². The highest BCUT2D eigenvalue weighted by atomic mass is 35.5. The number of ether oxygens (including phenoxy) is 2. The van der Waals surface area contributed by atoms with Gasteiger partial charge in [0.05, 0.1) is 10.6 Å². The number of nitriles is 1. The summed E-state index contributed by atoms with van der Waals surface area (Å²) < 4.78 is 12.5. The van der Waals surface area contributed by atoms with Crippen LogP contribution in [-0.4, -0.2) is 17.3 Å². The molecule has 2 saturated heterocycles. The lowest BCUT2D eigenvalue weighted by molar-refractivity contribution is -0.0769. The highest BCUT2D eigenvalue weighted by Crippen LogP contribution is 2.55. The molecule has 0 spiro atoms.